The lowest BCUT2D eigenvalue weighted by molar-refractivity contribution is 0.101. The number of benzene rings is 2. The second kappa shape index (κ2) is 7.42. The Balaban J connectivity index is 1.80. The highest BCUT2D eigenvalue weighted by molar-refractivity contribution is 7.92. The number of anilines is 2. The smallest absolute Gasteiger partial charge is 0.277 e. The molecule has 0 aliphatic rings. The van der Waals surface area contributed by atoms with E-state index in [1.807, 2.05) is 6.92 Å². The SMILES string of the molecule is Cc1cc(Cl)cc(NC(=O)c2cc(-c3cccc(NS(C)(=O)=O)c3)on2)c1. The van der Waals surface area contributed by atoms with E-state index < -0.39 is 15.9 Å². The number of hydrogen-bond acceptors (Lipinski definition) is 5. The van der Waals surface area contributed by atoms with Gasteiger partial charge in [-0.2, -0.15) is 0 Å². The number of nitrogens with one attached hydrogen (secondary N) is 2. The molecular formula is C18H16ClN3O4S. The predicted octanol–water partition coefficient (Wildman–Crippen LogP) is 3.93. The molecule has 1 heterocycles. The van der Waals surface area contributed by atoms with Crippen LogP contribution in [0.5, 0.6) is 0 Å². The molecule has 0 aliphatic heterocycles. The summed E-state index contributed by atoms with van der Waals surface area (Å²) >= 11 is 5.99. The highest BCUT2D eigenvalue weighted by Gasteiger charge is 2.15. The van der Waals surface area contributed by atoms with Crippen molar-refractivity contribution in [2.24, 2.45) is 0 Å². The van der Waals surface area contributed by atoms with Crippen LogP contribution in [-0.4, -0.2) is 25.7 Å². The van der Waals surface area contributed by atoms with Crippen molar-refractivity contribution in [1.29, 1.82) is 0 Å². The standard InChI is InChI=1S/C18H16ClN3O4S/c1-11-6-13(19)9-15(7-11)20-18(23)16-10-17(26-21-16)12-4-3-5-14(8-12)22-27(2,24)25/h3-10,22H,1-2H3,(H,20,23). The summed E-state index contributed by atoms with van der Waals surface area (Å²) in [6.45, 7) is 1.87. The highest BCUT2D eigenvalue weighted by Crippen LogP contribution is 2.25. The molecule has 9 heteroatoms. The molecule has 2 N–H and O–H groups in total. The average molecular weight is 406 g/mol. The van der Waals surface area contributed by atoms with E-state index in [1.54, 1.807) is 42.5 Å². The van der Waals surface area contributed by atoms with Crippen LogP contribution >= 0.6 is 11.6 Å². The zero-order chi connectivity index (χ0) is 19.6. The molecule has 1 amide bonds. The van der Waals surface area contributed by atoms with E-state index in [0.29, 0.717) is 27.7 Å². The monoisotopic (exact) mass is 405 g/mol. The third-order valence-corrected chi connectivity index (χ3v) is 4.32. The summed E-state index contributed by atoms with van der Waals surface area (Å²) in [5.41, 5.74) is 2.51. The maximum atomic E-state index is 12.4. The Morgan fingerprint density at radius 1 is 1.11 bits per heavy atom. The van der Waals surface area contributed by atoms with Crippen molar-refractivity contribution in [3.63, 3.8) is 0 Å². The number of amides is 1. The minimum Gasteiger partial charge on any atom is -0.355 e. The van der Waals surface area contributed by atoms with Crippen LogP contribution in [0.2, 0.25) is 5.02 Å². The number of carbonyl (C=O) groups is 1. The molecule has 0 bridgehead atoms. The third-order valence-electron chi connectivity index (χ3n) is 3.49. The van der Waals surface area contributed by atoms with Gasteiger partial charge in [-0.15, -0.1) is 0 Å². The molecule has 0 atom stereocenters. The molecular weight excluding hydrogens is 390 g/mol. The first-order valence-electron chi connectivity index (χ1n) is 7.83. The van der Waals surface area contributed by atoms with Crippen LogP contribution in [0, 0.1) is 6.92 Å². The molecule has 3 aromatic rings. The first kappa shape index (κ1) is 18.9. The quantitative estimate of drug-likeness (QED) is 0.669. The van der Waals surface area contributed by atoms with Crippen LogP contribution in [0.15, 0.2) is 53.1 Å². The van der Waals surface area contributed by atoms with Gasteiger partial charge in [0.2, 0.25) is 10.0 Å². The minimum absolute atomic E-state index is 0.0871. The number of aryl methyl sites for hydroxylation is 1. The highest BCUT2D eigenvalue weighted by atomic mass is 35.5. The lowest BCUT2D eigenvalue weighted by Crippen LogP contribution is -2.12. The van der Waals surface area contributed by atoms with Gasteiger partial charge in [-0.05, 0) is 42.8 Å². The van der Waals surface area contributed by atoms with Gasteiger partial charge in [0.05, 0.1) is 6.26 Å². The van der Waals surface area contributed by atoms with Crippen LogP contribution in [0.3, 0.4) is 0 Å². The maximum Gasteiger partial charge on any atom is 0.277 e. The van der Waals surface area contributed by atoms with Crippen molar-refractivity contribution in [3.8, 4) is 11.3 Å². The van der Waals surface area contributed by atoms with E-state index in [1.165, 1.54) is 6.07 Å². The zero-order valence-corrected chi connectivity index (χ0v) is 16.1. The van der Waals surface area contributed by atoms with Gasteiger partial charge in [-0.25, -0.2) is 8.42 Å². The van der Waals surface area contributed by atoms with Crippen molar-refractivity contribution in [2.75, 3.05) is 16.3 Å². The first-order valence-corrected chi connectivity index (χ1v) is 10.1. The van der Waals surface area contributed by atoms with Crippen LogP contribution in [0.1, 0.15) is 16.1 Å². The summed E-state index contributed by atoms with van der Waals surface area (Å²) < 4.78 is 30.3. The lowest BCUT2D eigenvalue weighted by Gasteiger charge is -2.05. The number of hydrogen-bond donors (Lipinski definition) is 2. The van der Waals surface area contributed by atoms with E-state index in [2.05, 4.69) is 15.2 Å². The Morgan fingerprint density at radius 3 is 2.59 bits per heavy atom. The normalized spacial score (nSPS) is 11.2. The molecule has 0 saturated carbocycles. The largest absolute Gasteiger partial charge is 0.355 e. The van der Waals surface area contributed by atoms with Gasteiger partial charge in [-0.1, -0.05) is 28.9 Å². The number of aromatic nitrogens is 1. The fourth-order valence-electron chi connectivity index (χ4n) is 2.47. The first-order chi connectivity index (χ1) is 12.7. The number of sulfonamides is 1. The molecule has 1 aromatic heterocycles. The zero-order valence-electron chi connectivity index (χ0n) is 14.5. The van der Waals surface area contributed by atoms with E-state index in [0.717, 1.165) is 11.8 Å². The Morgan fingerprint density at radius 2 is 1.89 bits per heavy atom. The molecule has 0 aliphatic carbocycles. The van der Waals surface area contributed by atoms with Gasteiger partial charge in [-0.3, -0.25) is 9.52 Å². The molecule has 0 fully saturated rings. The van der Waals surface area contributed by atoms with Gasteiger partial charge in [0, 0.05) is 28.0 Å². The molecule has 0 radical (unpaired) electrons. The maximum absolute atomic E-state index is 12.4. The van der Waals surface area contributed by atoms with Crippen molar-refractivity contribution in [2.45, 2.75) is 6.92 Å². The fraction of sp³-hybridized carbons (Fsp3) is 0.111. The average Bonchev–Trinajstić information content (AvgIpc) is 3.02. The molecule has 0 saturated heterocycles. The summed E-state index contributed by atoms with van der Waals surface area (Å²) in [7, 11) is -3.40. The van der Waals surface area contributed by atoms with E-state index in [9.17, 15) is 13.2 Å². The van der Waals surface area contributed by atoms with Crippen molar-refractivity contribution >= 4 is 38.9 Å². The summed E-state index contributed by atoms with van der Waals surface area (Å²) in [6, 6.07) is 13.3. The Bertz CT molecular complexity index is 1090. The molecule has 27 heavy (non-hydrogen) atoms. The topological polar surface area (TPSA) is 101 Å². The molecule has 3 rings (SSSR count). The summed E-state index contributed by atoms with van der Waals surface area (Å²) in [6.07, 6.45) is 1.06. The Kier molecular flexibility index (Phi) is 5.20. The number of rotatable bonds is 5. The van der Waals surface area contributed by atoms with E-state index in [4.69, 9.17) is 16.1 Å². The number of nitrogens with zero attached hydrogens (tertiary/aromatic N) is 1. The van der Waals surface area contributed by atoms with Gasteiger partial charge in [0.25, 0.3) is 5.91 Å². The second-order valence-electron chi connectivity index (χ2n) is 6.00. The number of halogens is 1. The van der Waals surface area contributed by atoms with Gasteiger partial charge in [0.1, 0.15) is 0 Å². The van der Waals surface area contributed by atoms with Gasteiger partial charge in [0.15, 0.2) is 11.5 Å². The molecule has 0 spiro atoms. The summed E-state index contributed by atoms with van der Waals surface area (Å²) in [4.78, 5) is 12.4. The van der Waals surface area contributed by atoms with Gasteiger partial charge < -0.3 is 9.84 Å². The van der Waals surface area contributed by atoms with Gasteiger partial charge >= 0.3 is 0 Å². The van der Waals surface area contributed by atoms with Crippen LogP contribution in [0.4, 0.5) is 11.4 Å². The Hall–Kier alpha value is -2.84. The molecule has 0 unspecified atom stereocenters. The third kappa shape index (κ3) is 5.08. The van der Waals surface area contributed by atoms with Crippen LogP contribution in [0.25, 0.3) is 11.3 Å². The molecule has 140 valence electrons. The molecule has 7 nitrogen and oxygen atoms in total. The van der Waals surface area contributed by atoms with Crippen molar-refractivity contribution in [1.82, 2.24) is 5.16 Å². The lowest BCUT2D eigenvalue weighted by atomic mass is 10.1. The van der Waals surface area contributed by atoms with Crippen molar-refractivity contribution in [3.05, 3.63) is 64.8 Å². The fourth-order valence-corrected chi connectivity index (χ4v) is 3.32. The minimum atomic E-state index is -3.40. The van der Waals surface area contributed by atoms with E-state index in [-0.39, 0.29) is 5.69 Å². The Labute approximate surface area is 161 Å². The van der Waals surface area contributed by atoms with Crippen LogP contribution in [-0.2, 0) is 10.0 Å². The van der Waals surface area contributed by atoms with Crippen LogP contribution < -0.4 is 10.0 Å². The predicted molar refractivity (Wildman–Crippen MR) is 105 cm³/mol. The molecule has 2 aromatic carbocycles. The second-order valence-corrected chi connectivity index (χ2v) is 8.19. The number of carbonyl (C=O) groups excluding carboxylic acids is 1. The van der Waals surface area contributed by atoms with E-state index >= 15 is 0 Å². The summed E-state index contributed by atoms with van der Waals surface area (Å²) in [5, 5.41) is 7.00. The van der Waals surface area contributed by atoms with Crippen molar-refractivity contribution < 1.29 is 17.7 Å². The summed E-state index contributed by atoms with van der Waals surface area (Å²) in [5.74, 6) is -0.114.